The van der Waals surface area contributed by atoms with Crippen molar-refractivity contribution in [1.29, 1.82) is 0 Å². The van der Waals surface area contributed by atoms with Gasteiger partial charge in [0, 0.05) is 6.54 Å². The van der Waals surface area contributed by atoms with Crippen LogP contribution in [0.5, 0.6) is 0 Å². The Morgan fingerprint density at radius 3 is 2.72 bits per heavy atom. The maximum absolute atomic E-state index is 11.8. The van der Waals surface area contributed by atoms with E-state index in [1.807, 2.05) is 30.3 Å². The predicted octanol–water partition coefficient (Wildman–Crippen LogP) is 1.86. The fourth-order valence-electron chi connectivity index (χ4n) is 2.10. The monoisotopic (exact) mass is 246 g/mol. The van der Waals surface area contributed by atoms with Crippen LogP contribution < -0.4 is 11.1 Å². The third-order valence-corrected chi connectivity index (χ3v) is 3.42. The second kappa shape index (κ2) is 6.55. The molecule has 18 heavy (non-hydrogen) atoms. The van der Waals surface area contributed by atoms with Gasteiger partial charge in [-0.3, -0.25) is 4.79 Å². The minimum atomic E-state index is -0.437. The molecule has 1 aromatic carbocycles. The first-order valence-electron chi connectivity index (χ1n) is 6.83. The average molecular weight is 246 g/mol. The standard InChI is InChI=1S/C15H22N2O/c16-14(11-13-5-2-1-3-6-13)15(18)17-10-4-7-12-8-9-12/h1-3,5-6,12,14H,4,7-11,16H2,(H,17,18)/t14-/m1/s1. The van der Waals surface area contributed by atoms with Crippen molar-refractivity contribution in [3.63, 3.8) is 0 Å². The molecule has 0 saturated heterocycles. The van der Waals surface area contributed by atoms with E-state index in [1.165, 1.54) is 19.3 Å². The minimum Gasteiger partial charge on any atom is -0.355 e. The lowest BCUT2D eigenvalue weighted by atomic mass is 10.1. The summed E-state index contributed by atoms with van der Waals surface area (Å²) < 4.78 is 0. The largest absolute Gasteiger partial charge is 0.355 e. The molecule has 0 bridgehead atoms. The Labute approximate surface area is 109 Å². The Morgan fingerprint density at radius 2 is 2.06 bits per heavy atom. The van der Waals surface area contributed by atoms with Crippen LogP contribution in [0.4, 0.5) is 0 Å². The lowest BCUT2D eigenvalue weighted by molar-refractivity contribution is -0.122. The summed E-state index contributed by atoms with van der Waals surface area (Å²) in [5.74, 6) is 0.898. The molecule has 0 radical (unpaired) electrons. The van der Waals surface area contributed by atoms with Crippen LogP contribution >= 0.6 is 0 Å². The van der Waals surface area contributed by atoms with Gasteiger partial charge in [-0.1, -0.05) is 43.2 Å². The molecule has 1 aliphatic carbocycles. The summed E-state index contributed by atoms with van der Waals surface area (Å²) in [6.45, 7) is 0.762. The van der Waals surface area contributed by atoms with Gasteiger partial charge in [0.05, 0.1) is 6.04 Å². The van der Waals surface area contributed by atoms with E-state index in [4.69, 9.17) is 5.73 Å². The molecule has 0 aliphatic heterocycles. The van der Waals surface area contributed by atoms with Gasteiger partial charge in [0.15, 0.2) is 0 Å². The van der Waals surface area contributed by atoms with E-state index in [9.17, 15) is 4.79 Å². The lowest BCUT2D eigenvalue weighted by Gasteiger charge is -2.12. The lowest BCUT2D eigenvalue weighted by Crippen LogP contribution is -2.42. The SMILES string of the molecule is N[C@H](Cc1ccccc1)C(=O)NCCCC1CC1. The number of carbonyl (C=O) groups is 1. The first-order valence-corrected chi connectivity index (χ1v) is 6.83. The van der Waals surface area contributed by atoms with E-state index in [-0.39, 0.29) is 5.91 Å². The summed E-state index contributed by atoms with van der Waals surface area (Å²) >= 11 is 0. The minimum absolute atomic E-state index is 0.0327. The van der Waals surface area contributed by atoms with E-state index in [0.717, 1.165) is 24.4 Å². The average Bonchev–Trinajstić information content (AvgIpc) is 3.19. The first kappa shape index (κ1) is 13.1. The number of benzene rings is 1. The van der Waals surface area contributed by atoms with Crippen LogP contribution in [-0.2, 0) is 11.2 Å². The summed E-state index contributed by atoms with van der Waals surface area (Å²) in [5.41, 5.74) is 7.00. The van der Waals surface area contributed by atoms with Crippen LogP contribution in [0.15, 0.2) is 30.3 Å². The molecular weight excluding hydrogens is 224 g/mol. The van der Waals surface area contributed by atoms with E-state index < -0.39 is 6.04 Å². The van der Waals surface area contributed by atoms with Gasteiger partial charge in [-0.25, -0.2) is 0 Å². The molecule has 3 heteroatoms. The Kier molecular flexibility index (Phi) is 4.76. The van der Waals surface area contributed by atoms with Gasteiger partial charge in [-0.2, -0.15) is 0 Å². The summed E-state index contributed by atoms with van der Waals surface area (Å²) in [7, 11) is 0. The third kappa shape index (κ3) is 4.49. The topological polar surface area (TPSA) is 55.1 Å². The number of carbonyl (C=O) groups excluding carboxylic acids is 1. The summed E-state index contributed by atoms with van der Waals surface area (Å²) in [6.07, 6.45) is 5.68. The smallest absolute Gasteiger partial charge is 0.237 e. The molecule has 0 spiro atoms. The van der Waals surface area contributed by atoms with Crippen molar-refractivity contribution in [2.75, 3.05) is 6.54 Å². The van der Waals surface area contributed by atoms with E-state index in [1.54, 1.807) is 0 Å². The van der Waals surface area contributed by atoms with Crippen molar-refractivity contribution in [1.82, 2.24) is 5.32 Å². The van der Waals surface area contributed by atoms with Crippen LogP contribution in [0.3, 0.4) is 0 Å². The Balaban J connectivity index is 1.64. The summed E-state index contributed by atoms with van der Waals surface area (Å²) in [5, 5.41) is 2.92. The highest BCUT2D eigenvalue weighted by molar-refractivity contribution is 5.81. The number of hydrogen-bond donors (Lipinski definition) is 2. The number of rotatable bonds is 7. The molecule has 0 heterocycles. The van der Waals surface area contributed by atoms with Crippen molar-refractivity contribution < 1.29 is 4.79 Å². The van der Waals surface area contributed by atoms with Gasteiger partial charge in [-0.05, 0) is 30.7 Å². The van der Waals surface area contributed by atoms with Gasteiger partial charge in [0.1, 0.15) is 0 Å². The van der Waals surface area contributed by atoms with Crippen molar-refractivity contribution in [3.8, 4) is 0 Å². The molecular formula is C15H22N2O. The van der Waals surface area contributed by atoms with Crippen LogP contribution in [0.1, 0.15) is 31.2 Å². The van der Waals surface area contributed by atoms with Crippen LogP contribution in [-0.4, -0.2) is 18.5 Å². The number of amides is 1. The molecule has 1 fully saturated rings. The highest BCUT2D eigenvalue weighted by atomic mass is 16.2. The van der Waals surface area contributed by atoms with Gasteiger partial charge in [0.25, 0.3) is 0 Å². The van der Waals surface area contributed by atoms with Crippen molar-refractivity contribution in [2.45, 2.75) is 38.1 Å². The maximum atomic E-state index is 11.8. The normalized spacial score (nSPS) is 16.3. The zero-order chi connectivity index (χ0) is 12.8. The fourth-order valence-corrected chi connectivity index (χ4v) is 2.10. The maximum Gasteiger partial charge on any atom is 0.237 e. The number of hydrogen-bond acceptors (Lipinski definition) is 2. The van der Waals surface area contributed by atoms with Gasteiger partial charge >= 0.3 is 0 Å². The molecule has 1 saturated carbocycles. The molecule has 1 atom stereocenters. The highest BCUT2D eigenvalue weighted by Gasteiger charge is 2.20. The quantitative estimate of drug-likeness (QED) is 0.722. The second-order valence-electron chi connectivity index (χ2n) is 5.17. The highest BCUT2D eigenvalue weighted by Crippen LogP contribution is 2.33. The van der Waals surface area contributed by atoms with Crippen molar-refractivity contribution >= 4 is 5.91 Å². The first-order chi connectivity index (χ1) is 8.75. The van der Waals surface area contributed by atoms with E-state index >= 15 is 0 Å². The van der Waals surface area contributed by atoms with E-state index in [0.29, 0.717) is 6.42 Å². The molecule has 1 amide bonds. The number of nitrogens with one attached hydrogen (secondary N) is 1. The van der Waals surface area contributed by atoms with E-state index in [2.05, 4.69) is 5.32 Å². The summed E-state index contributed by atoms with van der Waals surface area (Å²) in [4.78, 5) is 11.8. The van der Waals surface area contributed by atoms with Crippen LogP contribution in [0.2, 0.25) is 0 Å². The second-order valence-corrected chi connectivity index (χ2v) is 5.17. The van der Waals surface area contributed by atoms with Crippen molar-refractivity contribution in [3.05, 3.63) is 35.9 Å². The Bertz CT molecular complexity index is 373. The number of nitrogens with two attached hydrogens (primary N) is 1. The van der Waals surface area contributed by atoms with Gasteiger partial charge in [-0.15, -0.1) is 0 Å². The molecule has 2 rings (SSSR count). The molecule has 1 aliphatic rings. The Hall–Kier alpha value is -1.35. The fraction of sp³-hybridized carbons (Fsp3) is 0.533. The molecule has 0 unspecified atom stereocenters. The van der Waals surface area contributed by atoms with Gasteiger partial charge in [0.2, 0.25) is 5.91 Å². The van der Waals surface area contributed by atoms with Crippen LogP contribution in [0.25, 0.3) is 0 Å². The molecule has 3 N–H and O–H groups in total. The summed E-state index contributed by atoms with van der Waals surface area (Å²) in [6, 6.07) is 9.46. The molecule has 3 nitrogen and oxygen atoms in total. The predicted molar refractivity (Wildman–Crippen MR) is 73.1 cm³/mol. The molecule has 98 valence electrons. The zero-order valence-corrected chi connectivity index (χ0v) is 10.8. The van der Waals surface area contributed by atoms with Gasteiger partial charge < -0.3 is 11.1 Å². The van der Waals surface area contributed by atoms with Crippen LogP contribution in [0, 0.1) is 5.92 Å². The third-order valence-electron chi connectivity index (χ3n) is 3.42. The molecule has 1 aromatic rings. The Morgan fingerprint density at radius 1 is 1.33 bits per heavy atom. The van der Waals surface area contributed by atoms with Crippen molar-refractivity contribution in [2.24, 2.45) is 11.7 Å². The zero-order valence-electron chi connectivity index (χ0n) is 10.8. The molecule has 0 aromatic heterocycles.